The van der Waals surface area contributed by atoms with Gasteiger partial charge in [-0.15, -0.1) is 0 Å². The zero-order valence-corrected chi connectivity index (χ0v) is 8.67. The van der Waals surface area contributed by atoms with Gasteiger partial charge >= 0.3 is 0 Å². The van der Waals surface area contributed by atoms with Crippen molar-refractivity contribution in [2.75, 3.05) is 13.7 Å². The Morgan fingerprint density at radius 2 is 1.86 bits per heavy atom. The molecule has 1 N–H and O–H groups in total. The number of aliphatic hydroxyl groups is 1. The Balaban J connectivity index is 3.13. The number of halogens is 1. The first-order chi connectivity index (χ1) is 6.60. The molecular weight excluding hydrogens is 183 g/mol. The van der Waals surface area contributed by atoms with Crippen LogP contribution in [0.15, 0.2) is 12.1 Å². The van der Waals surface area contributed by atoms with Gasteiger partial charge in [0, 0.05) is 0 Å². The van der Waals surface area contributed by atoms with E-state index in [2.05, 4.69) is 0 Å². The zero-order valence-electron chi connectivity index (χ0n) is 8.67. The predicted octanol–water partition coefficient (Wildman–Crippen LogP) is 2.31. The van der Waals surface area contributed by atoms with E-state index in [1.807, 2.05) is 13.8 Å². The van der Waals surface area contributed by atoms with E-state index >= 15 is 0 Å². The van der Waals surface area contributed by atoms with Crippen molar-refractivity contribution >= 4 is 0 Å². The average molecular weight is 198 g/mol. The van der Waals surface area contributed by atoms with Gasteiger partial charge in [0.2, 0.25) is 0 Å². The summed E-state index contributed by atoms with van der Waals surface area (Å²) in [6, 6.07) is 3.40. The third-order valence-corrected chi connectivity index (χ3v) is 2.21. The van der Waals surface area contributed by atoms with Crippen LogP contribution in [-0.4, -0.2) is 18.8 Å². The van der Waals surface area contributed by atoms with Gasteiger partial charge < -0.3 is 9.84 Å². The van der Waals surface area contributed by atoms with Crippen LogP contribution in [0.5, 0.6) is 5.75 Å². The van der Waals surface area contributed by atoms with E-state index in [4.69, 9.17) is 9.84 Å². The number of aliphatic hydroxyl groups excluding tert-OH is 1. The van der Waals surface area contributed by atoms with E-state index in [0.717, 1.165) is 16.9 Å². The van der Waals surface area contributed by atoms with Gasteiger partial charge in [0.1, 0.15) is 11.9 Å². The summed E-state index contributed by atoms with van der Waals surface area (Å²) in [5.74, 6) is 0.777. The van der Waals surface area contributed by atoms with Crippen LogP contribution in [0.2, 0.25) is 0 Å². The van der Waals surface area contributed by atoms with Gasteiger partial charge in [0.05, 0.1) is 13.7 Å². The predicted molar refractivity (Wildman–Crippen MR) is 53.4 cm³/mol. The molecule has 0 amide bonds. The number of alkyl halides is 1. The summed E-state index contributed by atoms with van der Waals surface area (Å²) >= 11 is 0. The summed E-state index contributed by atoms with van der Waals surface area (Å²) < 4.78 is 18.3. The van der Waals surface area contributed by atoms with Crippen molar-refractivity contribution in [2.24, 2.45) is 0 Å². The lowest BCUT2D eigenvalue weighted by Crippen LogP contribution is -2.00. The van der Waals surface area contributed by atoms with Crippen molar-refractivity contribution in [3.63, 3.8) is 0 Å². The molecule has 0 bridgehead atoms. The first-order valence-electron chi connectivity index (χ1n) is 4.50. The highest BCUT2D eigenvalue weighted by Crippen LogP contribution is 2.28. The normalized spacial score (nSPS) is 12.6. The first-order valence-corrected chi connectivity index (χ1v) is 4.50. The minimum Gasteiger partial charge on any atom is -0.496 e. The second kappa shape index (κ2) is 4.42. The van der Waals surface area contributed by atoms with Crippen molar-refractivity contribution in [1.82, 2.24) is 0 Å². The van der Waals surface area contributed by atoms with E-state index in [-0.39, 0.29) is 0 Å². The van der Waals surface area contributed by atoms with Crippen molar-refractivity contribution in [3.8, 4) is 5.75 Å². The Bertz CT molecular complexity index is 300. The van der Waals surface area contributed by atoms with Crippen LogP contribution in [0.4, 0.5) is 4.39 Å². The molecule has 1 unspecified atom stereocenters. The molecule has 0 fully saturated rings. The largest absolute Gasteiger partial charge is 0.496 e. The van der Waals surface area contributed by atoms with Gasteiger partial charge in [-0.1, -0.05) is 0 Å². The fourth-order valence-electron chi connectivity index (χ4n) is 1.59. The van der Waals surface area contributed by atoms with Crippen molar-refractivity contribution < 1.29 is 14.2 Å². The van der Waals surface area contributed by atoms with Crippen molar-refractivity contribution in [3.05, 3.63) is 28.8 Å². The monoisotopic (exact) mass is 198 g/mol. The quantitative estimate of drug-likeness (QED) is 0.807. The molecule has 0 heterocycles. The summed E-state index contributed by atoms with van der Waals surface area (Å²) in [5, 5.41) is 8.69. The Morgan fingerprint density at radius 3 is 2.21 bits per heavy atom. The molecule has 2 nitrogen and oxygen atoms in total. The van der Waals surface area contributed by atoms with Gasteiger partial charge in [-0.2, -0.15) is 0 Å². The standard InChI is InChI=1S/C11H15FO2/c1-7-4-9(10(12)6-13)5-8(2)11(7)14-3/h4-5,10,13H,6H2,1-3H3. The average Bonchev–Trinajstić information content (AvgIpc) is 2.16. The highest BCUT2D eigenvalue weighted by Gasteiger charge is 2.12. The molecule has 0 aromatic heterocycles. The molecule has 0 radical (unpaired) electrons. The number of rotatable bonds is 3. The van der Waals surface area contributed by atoms with Gasteiger partial charge in [0.15, 0.2) is 0 Å². The molecule has 0 spiro atoms. The molecule has 0 aliphatic heterocycles. The minimum absolute atomic E-state index is 0.481. The number of benzene rings is 1. The minimum atomic E-state index is -1.31. The van der Waals surface area contributed by atoms with Crippen LogP contribution in [0.25, 0.3) is 0 Å². The lowest BCUT2D eigenvalue weighted by molar-refractivity contribution is 0.179. The summed E-state index contributed by atoms with van der Waals surface area (Å²) in [7, 11) is 1.59. The third-order valence-electron chi connectivity index (χ3n) is 2.21. The second-order valence-electron chi connectivity index (χ2n) is 3.34. The highest BCUT2D eigenvalue weighted by atomic mass is 19.1. The zero-order chi connectivity index (χ0) is 10.7. The molecule has 1 atom stereocenters. The molecule has 1 aromatic rings. The third kappa shape index (κ3) is 2.04. The van der Waals surface area contributed by atoms with E-state index < -0.39 is 12.8 Å². The fraction of sp³-hybridized carbons (Fsp3) is 0.455. The Morgan fingerprint density at radius 1 is 1.36 bits per heavy atom. The summed E-state index contributed by atoms with van der Waals surface area (Å²) in [6.07, 6.45) is -1.31. The maximum Gasteiger partial charge on any atom is 0.148 e. The molecular formula is C11H15FO2. The molecule has 78 valence electrons. The fourth-order valence-corrected chi connectivity index (χ4v) is 1.59. The topological polar surface area (TPSA) is 29.5 Å². The molecule has 0 saturated carbocycles. The maximum atomic E-state index is 13.2. The van der Waals surface area contributed by atoms with Crippen molar-refractivity contribution in [1.29, 1.82) is 0 Å². The molecule has 1 rings (SSSR count). The number of hydrogen-bond acceptors (Lipinski definition) is 2. The number of methoxy groups -OCH3 is 1. The van der Waals surface area contributed by atoms with E-state index in [1.165, 1.54) is 0 Å². The van der Waals surface area contributed by atoms with Crippen LogP contribution in [-0.2, 0) is 0 Å². The van der Waals surface area contributed by atoms with Crippen molar-refractivity contribution in [2.45, 2.75) is 20.0 Å². The SMILES string of the molecule is COc1c(C)cc(C(F)CO)cc1C. The Hall–Kier alpha value is -1.09. The van der Waals surface area contributed by atoms with Crippen LogP contribution in [0.3, 0.4) is 0 Å². The summed E-state index contributed by atoms with van der Waals surface area (Å²) in [5.41, 5.74) is 2.28. The van der Waals surface area contributed by atoms with E-state index in [0.29, 0.717) is 5.56 Å². The lowest BCUT2D eigenvalue weighted by Gasteiger charge is -2.12. The van der Waals surface area contributed by atoms with E-state index in [9.17, 15) is 4.39 Å². The second-order valence-corrected chi connectivity index (χ2v) is 3.34. The molecule has 1 aromatic carbocycles. The summed E-state index contributed by atoms with van der Waals surface area (Å²) in [6.45, 7) is 3.24. The Kier molecular flexibility index (Phi) is 3.47. The molecule has 0 aliphatic rings. The van der Waals surface area contributed by atoms with Crippen LogP contribution < -0.4 is 4.74 Å². The van der Waals surface area contributed by atoms with Crippen LogP contribution >= 0.6 is 0 Å². The molecule has 0 aliphatic carbocycles. The van der Waals surface area contributed by atoms with Crippen LogP contribution in [0, 0.1) is 13.8 Å². The molecule has 3 heteroatoms. The number of hydrogen-bond donors (Lipinski definition) is 1. The van der Waals surface area contributed by atoms with Crippen LogP contribution in [0.1, 0.15) is 22.9 Å². The smallest absolute Gasteiger partial charge is 0.148 e. The highest BCUT2D eigenvalue weighted by molar-refractivity contribution is 5.43. The molecule has 0 saturated heterocycles. The van der Waals surface area contributed by atoms with Gasteiger partial charge in [-0.25, -0.2) is 4.39 Å². The maximum absolute atomic E-state index is 13.2. The van der Waals surface area contributed by atoms with Gasteiger partial charge in [0.25, 0.3) is 0 Å². The lowest BCUT2D eigenvalue weighted by atomic mass is 10.0. The van der Waals surface area contributed by atoms with Gasteiger partial charge in [-0.3, -0.25) is 0 Å². The number of ether oxygens (including phenoxy) is 1. The van der Waals surface area contributed by atoms with E-state index in [1.54, 1.807) is 19.2 Å². The first kappa shape index (κ1) is 11.0. The van der Waals surface area contributed by atoms with Gasteiger partial charge in [-0.05, 0) is 42.7 Å². The summed E-state index contributed by atoms with van der Waals surface area (Å²) in [4.78, 5) is 0. The number of aryl methyl sites for hydroxylation is 2. The molecule has 14 heavy (non-hydrogen) atoms. The Labute approximate surface area is 83.3 Å².